The fraction of sp³-hybridized carbons (Fsp3) is 0.231. The smallest absolute Gasteiger partial charge is 0.346 e. The Morgan fingerprint density at radius 2 is 2.33 bits per heavy atom. The van der Waals surface area contributed by atoms with Gasteiger partial charge in [-0.3, -0.25) is 4.90 Å². The van der Waals surface area contributed by atoms with Gasteiger partial charge in [-0.15, -0.1) is 6.42 Å². The van der Waals surface area contributed by atoms with Gasteiger partial charge in [0, 0.05) is 4.47 Å². The van der Waals surface area contributed by atoms with Crippen molar-refractivity contribution < 1.29 is 4.79 Å². The van der Waals surface area contributed by atoms with Crippen LogP contribution in [0.3, 0.4) is 0 Å². The SMILES string of the molecule is C#CCN1C(=O)N=C(N)C1c1ccc(C)cc1Br. The molecule has 1 aliphatic heterocycles. The number of amides is 2. The summed E-state index contributed by atoms with van der Waals surface area (Å²) in [6.07, 6.45) is 5.27. The molecular weight excluding hydrogens is 294 g/mol. The molecule has 0 radical (unpaired) electrons. The highest BCUT2D eigenvalue weighted by molar-refractivity contribution is 9.10. The number of nitrogens with zero attached hydrogens (tertiary/aromatic N) is 2. The van der Waals surface area contributed by atoms with Gasteiger partial charge in [-0.05, 0) is 24.1 Å². The van der Waals surface area contributed by atoms with E-state index in [4.69, 9.17) is 12.2 Å². The first-order valence-electron chi connectivity index (χ1n) is 5.38. The average Bonchev–Trinajstić information content (AvgIpc) is 2.56. The van der Waals surface area contributed by atoms with E-state index in [0.29, 0.717) is 0 Å². The van der Waals surface area contributed by atoms with Gasteiger partial charge in [0.2, 0.25) is 0 Å². The Morgan fingerprint density at radius 1 is 1.61 bits per heavy atom. The summed E-state index contributed by atoms with van der Waals surface area (Å²) in [7, 11) is 0. The van der Waals surface area contributed by atoms with Crippen LogP contribution in [0.15, 0.2) is 27.7 Å². The third-order valence-corrected chi connectivity index (χ3v) is 3.46. The fourth-order valence-electron chi connectivity index (χ4n) is 1.94. The summed E-state index contributed by atoms with van der Waals surface area (Å²) in [5.74, 6) is 2.73. The molecule has 4 nitrogen and oxygen atoms in total. The van der Waals surface area contributed by atoms with Gasteiger partial charge in [0.15, 0.2) is 0 Å². The number of terminal acetylenes is 1. The van der Waals surface area contributed by atoms with Crippen molar-refractivity contribution in [1.29, 1.82) is 0 Å². The number of amidine groups is 1. The number of urea groups is 1. The van der Waals surface area contributed by atoms with Crippen molar-refractivity contribution in [3.05, 3.63) is 33.8 Å². The van der Waals surface area contributed by atoms with Crippen molar-refractivity contribution >= 4 is 27.8 Å². The zero-order valence-electron chi connectivity index (χ0n) is 9.85. The molecule has 18 heavy (non-hydrogen) atoms. The Hall–Kier alpha value is -1.80. The molecule has 0 saturated carbocycles. The van der Waals surface area contributed by atoms with E-state index in [-0.39, 0.29) is 24.5 Å². The van der Waals surface area contributed by atoms with Gasteiger partial charge in [-0.25, -0.2) is 4.79 Å². The number of aryl methyl sites for hydroxylation is 1. The minimum atomic E-state index is -0.386. The molecule has 0 spiro atoms. The average molecular weight is 306 g/mol. The van der Waals surface area contributed by atoms with Crippen molar-refractivity contribution in [1.82, 2.24) is 4.90 Å². The van der Waals surface area contributed by atoms with E-state index >= 15 is 0 Å². The lowest BCUT2D eigenvalue weighted by atomic mass is 10.0. The molecule has 1 aromatic rings. The molecule has 1 atom stereocenters. The van der Waals surface area contributed by atoms with Crippen molar-refractivity contribution in [3.63, 3.8) is 0 Å². The fourth-order valence-corrected chi connectivity index (χ4v) is 2.65. The Balaban J connectivity index is 2.45. The van der Waals surface area contributed by atoms with Gasteiger partial charge in [0.05, 0.1) is 6.54 Å². The number of carbonyl (C=O) groups excluding carboxylic acids is 1. The van der Waals surface area contributed by atoms with Gasteiger partial charge in [-0.2, -0.15) is 4.99 Å². The first-order chi connectivity index (χ1) is 8.54. The summed E-state index contributed by atoms with van der Waals surface area (Å²) in [6, 6.07) is 5.09. The summed E-state index contributed by atoms with van der Waals surface area (Å²) < 4.78 is 0.891. The van der Waals surface area contributed by atoms with Crippen LogP contribution < -0.4 is 5.73 Å². The summed E-state index contributed by atoms with van der Waals surface area (Å²) in [5.41, 5.74) is 7.84. The Labute approximate surface area is 114 Å². The second-order valence-electron chi connectivity index (χ2n) is 4.08. The van der Waals surface area contributed by atoms with Crippen LogP contribution in [-0.2, 0) is 0 Å². The van der Waals surface area contributed by atoms with Crippen LogP contribution in [0.2, 0.25) is 0 Å². The summed E-state index contributed by atoms with van der Waals surface area (Å²) in [5, 5.41) is 0. The molecule has 0 aromatic heterocycles. The van der Waals surface area contributed by atoms with E-state index in [1.165, 1.54) is 4.90 Å². The minimum absolute atomic E-state index is 0.189. The number of rotatable bonds is 2. The first kappa shape index (κ1) is 12.7. The number of halogens is 1. The van der Waals surface area contributed by atoms with Crippen LogP contribution in [0.5, 0.6) is 0 Å². The molecule has 1 aliphatic rings. The Kier molecular flexibility index (Phi) is 3.39. The van der Waals surface area contributed by atoms with Crippen molar-refractivity contribution in [2.24, 2.45) is 10.7 Å². The molecule has 1 unspecified atom stereocenters. The molecule has 1 heterocycles. The highest BCUT2D eigenvalue weighted by atomic mass is 79.9. The molecule has 0 fully saturated rings. The number of nitrogens with two attached hydrogens (primary N) is 1. The van der Waals surface area contributed by atoms with Crippen LogP contribution in [0, 0.1) is 19.3 Å². The molecule has 2 N–H and O–H groups in total. The summed E-state index contributed by atoms with van der Waals surface area (Å²) >= 11 is 3.48. The predicted octanol–water partition coefficient (Wildman–Crippen LogP) is 2.22. The number of aliphatic imine (C=N–C) groups is 1. The molecule has 5 heteroatoms. The maximum absolute atomic E-state index is 11.7. The van der Waals surface area contributed by atoms with E-state index in [1.54, 1.807) is 0 Å². The van der Waals surface area contributed by atoms with Gasteiger partial charge < -0.3 is 5.73 Å². The van der Waals surface area contributed by atoms with Crippen molar-refractivity contribution in [3.8, 4) is 12.3 Å². The van der Waals surface area contributed by atoms with Crippen LogP contribution in [0.1, 0.15) is 17.2 Å². The number of benzene rings is 1. The molecule has 92 valence electrons. The van der Waals surface area contributed by atoms with E-state index in [2.05, 4.69) is 26.8 Å². The molecule has 2 amide bonds. The van der Waals surface area contributed by atoms with Gasteiger partial charge in [0.1, 0.15) is 11.9 Å². The summed E-state index contributed by atoms with van der Waals surface area (Å²) in [6.45, 7) is 2.18. The second kappa shape index (κ2) is 4.83. The topological polar surface area (TPSA) is 58.7 Å². The van der Waals surface area contributed by atoms with Crippen LogP contribution in [0.4, 0.5) is 4.79 Å². The van der Waals surface area contributed by atoms with E-state index in [1.807, 2.05) is 25.1 Å². The lowest BCUT2D eigenvalue weighted by Gasteiger charge is -2.23. The van der Waals surface area contributed by atoms with Gasteiger partial charge in [0.25, 0.3) is 0 Å². The van der Waals surface area contributed by atoms with Crippen molar-refractivity contribution in [2.75, 3.05) is 6.54 Å². The van der Waals surface area contributed by atoms with Crippen LogP contribution in [-0.4, -0.2) is 23.3 Å². The van der Waals surface area contributed by atoms with Crippen LogP contribution in [0.25, 0.3) is 0 Å². The normalized spacial score (nSPS) is 18.7. The quantitative estimate of drug-likeness (QED) is 0.852. The molecule has 0 aliphatic carbocycles. The lowest BCUT2D eigenvalue weighted by molar-refractivity contribution is 0.213. The van der Waals surface area contributed by atoms with E-state index in [0.717, 1.165) is 15.6 Å². The number of hydrogen-bond acceptors (Lipinski definition) is 2. The second-order valence-corrected chi connectivity index (χ2v) is 4.93. The molecule has 0 saturated heterocycles. The monoisotopic (exact) mass is 305 g/mol. The van der Waals surface area contributed by atoms with Crippen LogP contribution >= 0.6 is 15.9 Å². The van der Waals surface area contributed by atoms with Gasteiger partial charge >= 0.3 is 6.03 Å². The maximum Gasteiger partial charge on any atom is 0.346 e. The third-order valence-electron chi connectivity index (χ3n) is 2.77. The predicted molar refractivity (Wildman–Crippen MR) is 74.2 cm³/mol. The number of carbonyl (C=O) groups is 1. The minimum Gasteiger partial charge on any atom is -0.385 e. The highest BCUT2D eigenvalue weighted by Gasteiger charge is 2.34. The first-order valence-corrected chi connectivity index (χ1v) is 6.18. The Bertz CT molecular complexity index is 574. The largest absolute Gasteiger partial charge is 0.385 e. The van der Waals surface area contributed by atoms with E-state index in [9.17, 15) is 4.79 Å². The standard InChI is InChI=1S/C13H12BrN3O/c1-3-6-17-11(12(15)16-13(17)18)9-5-4-8(2)7-10(9)14/h1,4-5,7,11H,6H2,2H3,(H2,15,16,18). The molecule has 0 bridgehead atoms. The molecular formula is C13H12BrN3O. The molecule has 2 rings (SSSR count). The van der Waals surface area contributed by atoms with E-state index < -0.39 is 0 Å². The van der Waals surface area contributed by atoms with Crippen molar-refractivity contribution in [2.45, 2.75) is 13.0 Å². The molecule has 1 aromatic carbocycles. The highest BCUT2D eigenvalue weighted by Crippen LogP contribution is 2.32. The van der Waals surface area contributed by atoms with Gasteiger partial charge in [-0.1, -0.05) is 34.0 Å². The summed E-state index contributed by atoms with van der Waals surface area (Å²) in [4.78, 5) is 16.9. The zero-order valence-corrected chi connectivity index (χ0v) is 11.4. The zero-order chi connectivity index (χ0) is 13.3. The number of hydrogen-bond donors (Lipinski definition) is 1. The maximum atomic E-state index is 11.7. The third kappa shape index (κ3) is 2.12. The Morgan fingerprint density at radius 3 is 2.94 bits per heavy atom. The lowest BCUT2D eigenvalue weighted by Crippen LogP contribution is -2.33.